The summed E-state index contributed by atoms with van der Waals surface area (Å²) in [6.07, 6.45) is 0.996. The normalized spacial score (nSPS) is 10.1. The van der Waals surface area contributed by atoms with Gasteiger partial charge in [0, 0.05) is 13.9 Å². The van der Waals surface area contributed by atoms with Crippen LogP contribution in [0.1, 0.15) is 5.56 Å². The molecule has 0 atom stereocenters. The molecule has 0 aliphatic carbocycles. The molecule has 60 valence electrons. The summed E-state index contributed by atoms with van der Waals surface area (Å²) < 4.78 is 1.24. The van der Waals surface area contributed by atoms with E-state index in [2.05, 4.69) is 44.6 Å². The Morgan fingerprint density at radius 1 is 1.45 bits per heavy atom. The molecule has 1 aromatic carbocycles. The molecule has 0 nitrogen and oxygen atoms in total. The summed E-state index contributed by atoms with van der Waals surface area (Å²) in [5.41, 5.74) is 1.22. The fraction of sp³-hybridized carbons (Fsp3) is 0.250. The van der Waals surface area contributed by atoms with E-state index >= 15 is 0 Å². The van der Waals surface area contributed by atoms with E-state index in [9.17, 15) is 0 Å². The van der Waals surface area contributed by atoms with E-state index in [1.54, 1.807) is 0 Å². The number of hydrogen-bond acceptors (Lipinski definition) is 0. The molecule has 0 amide bonds. The molecule has 0 N–H and O–H groups in total. The maximum Gasteiger partial charge on any atom is 0.0439 e. The van der Waals surface area contributed by atoms with Crippen LogP contribution in [0.25, 0.3) is 0 Å². The molecule has 0 bridgehead atoms. The third-order valence-electron chi connectivity index (χ3n) is 1.37. The van der Waals surface area contributed by atoms with Crippen LogP contribution in [0.3, 0.4) is 0 Å². The standard InChI is InChI=1S/C8H7BrClI/c9-4-3-6-5-7(11)1-2-8(6)10/h1-2,5H,3-4H2. The van der Waals surface area contributed by atoms with E-state index in [4.69, 9.17) is 11.6 Å². The number of halogens is 3. The number of aryl methyl sites for hydroxylation is 1. The Morgan fingerprint density at radius 3 is 2.82 bits per heavy atom. The smallest absolute Gasteiger partial charge is 0.0439 e. The summed E-state index contributed by atoms with van der Waals surface area (Å²) in [5.74, 6) is 0. The van der Waals surface area contributed by atoms with Crippen molar-refractivity contribution in [2.24, 2.45) is 0 Å². The highest BCUT2D eigenvalue weighted by molar-refractivity contribution is 14.1. The second-order valence-corrected chi connectivity index (χ2v) is 4.62. The number of hydrogen-bond donors (Lipinski definition) is 0. The number of alkyl halides is 1. The molecule has 0 spiro atoms. The van der Waals surface area contributed by atoms with E-state index in [0.717, 1.165) is 16.8 Å². The molecule has 0 fully saturated rings. The highest BCUT2D eigenvalue weighted by Gasteiger charge is 1.98. The van der Waals surface area contributed by atoms with Crippen molar-refractivity contribution in [1.82, 2.24) is 0 Å². The summed E-state index contributed by atoms with van der Waals surface area (Å²) in [5, 5.41) is 1.83. The average molecular weight is 345 g/mol. The maximum atomic E-state index is 5.95. The number of benzene rings is 1. The van der Waals surface area contributed by atoms with Crippen LogP contribution in [-0.4, -0.2) is 5.33 Å². The number of rotatable bonds is 2. The van der Waals surface area contributed by atoms with E-state index < -0.39 is 0 Å². The summed E-state index contributed by atoms with van der Waals surface area (Å²) >= 11 is 11.6. The zero-order valence-electron chi connectivity index (χ0n) is 5.78. The Hall–Kier alpha value is 0.720. The van der Waals surface area contributed by atoms with Gasteiger partial charge in [-0.3, -0.25) is 0 Å². The Bertz CT molecular complexity index is 250. The topological polar surface area (TPSA) is 0 Å². The van der Waals surface area contributed by atoms with E-state index in [1.165, 1.54) is 9.13 Å². The Balaban J connectivity index is 2.93. The predicted octanol–water partition coefficient (Wildman–Crippen LogP) is 3.88. The third-order valence-corrected chi connectivity index (χ3v) is 2.81. The van der Waals surface area contributed by atoms with Crippen LogP contribution < -0.4 is 0 Å². The van der Waals surface area contributed by atoms with Gasteiger partial charge in [0.05, 0.1) is 0 Å². The van der Waals surface area contributed by atoms with Gasteiger partial charge in [-0.05, 0) is 52.8 Å². The monoisotopic (exact) mass is 344 g/mol. The zero-order valence-corrected chi connectivity index (χ0v) is 10.3. The van der Waals surface area contributed by atoms with E-state index in [1.807, 2.05) is 12.1 Å². The van der Waals surface area contributed by atoms with Gasteiger partial charge >= 0.3 is 0 Å². The van der Waals surface area contributed by atoms with Gasteiger partial charge in [0.15, 0.2) is 0 Å². The third kappa shape index (κ3) is 2.92. The first-order chi connectivity index (χ1) is 5.24. The highest BCUT2D eigenvalue weighted by atomic mass is 127. The second kappa shape index (κ2) is 4.67. The van der Waals surface area contributed by atoms with Crippen molar-refractivity contribution in [2.45, 2.75) is 6.42 Å². The lowest BCUT2D eigenvalue weighted by Crippen LogP contribution is -1.87. The summed E-state index contributed by atoms with van der Waals surface area (Å²) in [6.45, 7) is 0. The molecule has 0 aliphatic heterocycles. The van der Waals surface area contributed by atoms with E-state index in [-0.39, 0.29) is 0 Å². The fourth-order valence-corrected chi connectivity index (χ4v) is 2.03. The van der Waals surface area contributed by atoms with Gasteiger partial charge in [0.2, 0.25) is 0 Å². The largest absolute Gasteiger partial charge is 0.0924 e. The summed E-state index contributed by atoms with van der Waals surface area (Å²) in [7, 11) is 0. The minimum absolute atomic E-state index is 0.866. The molecule has 0 saturated heterocycles. The molecule has 11 heavy (non-hydrogen) atoms. The van der Waals surface area contributed by atoms with Crippen LogP contribution in [0.4, 0.5) is 0 Å². The highest BCUT2D eigenvalue weighted by Crippen LogP contribution is 2.19. The molecule has 1 aromatic rings. The van der Waals surface area contributed by atoms with Crippen LogP contribution in [0.15, 0.2) is 18.2 Å². The van der Waals surface area contributed by atoms with Gasteiger partial charge in [-0.1, -0.05) is 27.5 Å². The Morgan fingerprint density at radius 2 is 2.18 bits per heavy atom. The van der Waals surface area contributed by atoms with Crippen LogP contribution in [0.5, 0.6) is 0 Å². The molecule has 3 heteroatoms. The molecule has 0 aliphatic rings. The lowest BCUT2D eigenvalue weighted by atomic mass is 10.2. The zero-order chi connectivity index (χ0) is 8.27. The molecule has 0 unspecified atom stereocenters. The molecule has 0 saturated carbocycles. The van der Waals surface area contributed by atoms with Crippen molar-refractivity contribution < 1.29 is 0 Å². The lowest BCUT2D eigenvalue weighted by molar-refractivity contribution is 1.16. The van der Waals surface area contributed by atoms with Gasteiger partial charge in [-0.15, -0.1) is 0 Å². The van der Waals surface area contributed by atoms with Gasteiger partial charge in [0.25, 0.3) is 0 Å². The van der Waals surface area contributed by atoms with E-state index in [0.29, 0.717) is 0 Å². The van der Waals surface area contributed by atoms with Crippen LogP contribution in [0, 0.1) is 3.57 Å². The SMILES string of the molecule is Clc1ccc(I)cc1CCBr. The Labute approximate surface area is 93.6 Å². The van der Waals surface area contributed by atoms with Crippen molar-refractivity contribution in [1.29, 1.82) is 0 Å². The van der Waals surface area contributed by atoms with Gasteiger partial charge < -0.3 is 0 Å². The van der Waals surface area contributed by atoms with Crippen molar-refractivity contribution >= 4 is 50.1 Å². The second-order valence-electron chi connectivity index (χ2n) is 2.17. The van der Waals surface area contributed by atoms with Crippen molar-refractivity contribution in [3.8, 4) is 0 Å². The minimum atomic E-state index is 0.866. The molecule has 0 aromatic heterocycles. The molecular weight excluding hydrogens is 338 g/mol. The molecular formula is C8H7BrClI. The first-order valence-electron chi connectivity index (χ1n) is 3.24. The van der Waals surface area contributed by atoms with Crippen molar-refractivity contribution in [2.75, 3.05) is 5.33 Å². The van der Waals surface area contributed by atoms with Gasteiger partial charge in [-0.2, -0.15) is 0 Å². The molecule has 1 rings (SSSR count). The summed E-state index contributed by atoms with van der Waals surface area (Å²) in [4.78, 5) is 0. The predicted molar refractivity (Wildman–Crippen MR) is 61.7 cm³/mol. The van der Waals surface area contributed by atoms with Crippen LogP contribution in [-0.2, 0) is 6.42 Å². The van der Waals surface area contributed by atoms with Crippen LogP contribution >= 0.6 is 50.1 Å². The maximum absolute atomic E-state index is 5.95. The van der Waals surface area contributed by atoms with Crippen LogP contribution in [0.2, 0.25) is 5.02 Å². The minimum Gasteiger partial charge on any atom is -0.0924 e. The molecule has 0 heterocycles. The quantitative estimate of drug-likeness (QED) is 0.564. The molecule has 0 radical (unpaired) electrons. The van der Waals surface area contributed by atoms with Crippen molar-refractivity contribution in [3.63, 3.8) is 0 Å². The Kier molecular flexibility index (Phi) is 4.17. The van der Waals surface area contributed by atoms with Crippen molar-refractivity contribution in [3.05, 3.63) is 32.4 Å². The summed E-state index contributed by atoms with van der Waals surface area (Å²) in [6, 6.07) is 6.08. The lowest BCUT2D eigenvalue weighted by Gasteiger charge is -2.01. The first-order valence-corrected chi connectivity index (χ1v) is 5.81. The first kappa shape index (κ1) is 9.81. The van der Waals surface area contributed by atoms with Gasteiger partial charge in [-0.25, -0.2) is 0 Å². The fourth-order valence-electron chi connectivity index (χ4n) is 0.837. The van der Waals surface area contributed by atoms with Gasteiger partial charge in [0.1, 0.15) is 0 Å². The average Bonchev–Trinajstić information content (AvgIpc) is 1.98.